The molecule has 0 amide bonds. The highest BCUT2D eigenvalue weighted by Crippen LogP contribution is 2.23. The van der Waals surface area contributed by atoms with E-state index in [0.29, 0.717) is 22.8 Å². The molecule has 0 spiro atoms. The summed E-state index contributed by atoms with van der Waals surface area (Å²) in [5, 5.41) is 23.7. The summed E-state index contributed by atoms with van der Waals surface area (Å²) in [4.78, 5) is 21.3. The summed E-state index contributed by atoms with van der Waals surface area (Å²) in [6.07, 6.45) is 3.06. The molecule has 3 heterocycles. The van der Waals surface area contributed by atoms with Crippen LogP contribution in [-0.4, -0.2) is 46.5 Å². The van der Waals surface area contributed by atoms with Crippen LogP contribution < -0.4 is 10.9 Å². The van der Waals surface area contributed by atoms with E-state index in [1.807, 2.05) is 0 Å². The highest BCUT2D eigenvalue weighted by Gasteiger charge is 2.17. The molecule has 0 unspecified atom stereocenters. The number of aromatic nitrogens is 7. The lowest BCUT2D eigenvalue weighted by Crippen LogP contribution is -2.27. The molecule has 2 N–H and O–H groups in total. The zero-order chi connectivity index (χ0) is 22.0. The topological polar surface area (TPSA) is 124 Å². The van der Waals surface area contributed by atoms with E-state index in [1.54, 1.807) is 25.2 Å². The fraction of sp³-hybridized carbons (Fsp3) is 0.158. The van der Waals surface area contributed by atoms with E-state index in [9.17, 15) is 14.3 Å². The average molecular weight is 443 g/mol. The summed E-state index contributed by atoms with van der Waals surface area (Å²) in [5.41, 5.74) is 1.07. The standard InChI is InChI=1S/C19H16ClFN8O2/c1-28-19(25-26-27-28)24-18-22-6-4-15(23-18)11-5-7-29(17(31)9-11)16(10-30)12-2-3-13(20)14(21)8-12/h2-9,16,30H,10H2,1H3,(H,22,23,24,25,27)/t16-/m1/s1. The number of nitrogens with zero attached hydrogens (tertiary/aromatic N) is 7. The van der Waals surface area contributed by atoms with E-state index in [1.165, 1.54) is 39.8 Å². The Morgan fingerprint density at radius 1 is 1.26 bits per heavy atom. The van der Waals surface area contributed by atoms with Crippen molar-refractivity contribution in [2.45, 2.75) is 6.04 Å². The number of aliphatic hydroxyl groups is 1. The molecule has 31 heavy (non-hydrogen) atoms. The van der Waals surface area contributed by atoms with Crippen LogP contribution in [0.1, 0.15) is 11.6 Å². The van der Waals surface area contributed by atoms with Gasteiger partial charge in [-0.05, 0) is 40.3 Å². The number of aryl methyl sites for hydroxylation is 1. The number of anilines is 2. The van der Waals surface area contributed by atoms with Gasteiger partial charge in [0, 0.05) is 31.1 Å². The lowest BCUT2D eigenvalue weighted by Gasteiger charge is -2.18. The molecule has 0 fully saturated rings. The number of aliphatic hydroxyl groups excluding tert-OH is 1. The number of halogens is 2. The van der Waals surface area contributed by atoms with Crippen molar-refractivity contribution in [1.82, 2.24) is 34.7 Å². The van der Waals surface area contributed by atoms with Crippen molar-refractivity contribution in [2.24, 2.45) is 7.05 Å². The highest BCUT2D eigenvalue weighted by molar-refractivity contribution is 6.30. The van der Waals surface area contributed by atoms with Gasteiger partial charge in [0.05, 0.1) is 23.4 Å². The van der Waals surface area contributed by atoms with Crippen LogP contribution >= 0.6 is 11.6 Å². The minimum atomic E-state index is -0.764. The number of hydrogen-bond donors (Lipinski definition) is 2. The first-order chi connectivity index (χ1) is 15.0. The van der Waals surface area contributed by atoms with Gasteiger partial charge in [-0.25, -0.2) is 19.0 Å². The normalized spacial score (nSPS) is 12.0. The molecule has 1 atom stereocenters. The second-order valence-corrected chi connectivity index (χ2v) is 6.96. The summed E-state index contributed by atoms with van der Waals surface area (Å²) in [6, 6.07) is 8.09. The van der Waals surface area contributed by atoms with Crippen LogP contribution in [0, 0.1) is 5.82 Å². The summed E-state index contributed by atoms with van der Waals surface area (Å²) >= 11 is 5.72. The Kier molecular flexibility index (Phi) is 5.69. The fourth-order valence-corrected chi connectivity index (χ4v) is 3.11. The Hall–Kier alpha value is -3.70. The Morgan fingerprint density at radius 2 is 2.10 bits per heavy atom. The Bertz CT molecular complexity index is 1290. The Labute approximate surface area is 180 Å². The summed E-state index contributed by atoms with van der Waals surface area (Å²) in [5.74, 6) is -0.0144. The van der Waals surface area contributed by atoms with Crippen LogP contribution in [-0.2, 0) is 7.05 Å². The molecule has 12 heteroatoms. The van der Waals surface area contributed by atoms with Gasteiger partial charge in [-0.1, -0.05) is 22.8 Å². The minimum absolute atomic E-state index is 0.0339. The SMILES string of the molecule is Cn1nnnc1Nc1nccc(-c2ccn([C@H](CO)c3ccc(Cl)c(F)c3)c(=O)c2)n1. The molecule has 0 aliphatic rings. The van der Waals surface area contributed by atoms with E-state index in [-0.39, 0.29) is 11.0 Å². The largest absolute Gasteiger partial charge is 0.394 e. The van der Waals surface area contributed by atoms with Gasteiger partial charge in [-0.15, -0.1) is 0 Å². The predicted molar refractivity (Wildman–Crippen MR) is 110 cm³/mol. The highest BCUT2D eigenvalue weighted by atomic mass is 35.5. The average Bonchev–Trinajstić information content (AvgIpc) is 3.16. The first-order valence-corrected chi connectivity index (χ1v) is 9.45. The van der Waals surface area contributed by atoms with Crippen LogP contribution in [0.25, 0.3) is 11.3 Å². The monoisotopic (exact) mass is 442 g/mol. The van der Waals surface area contributed by atoms with Gasteiger partial charge in [0.25, 0.3) is 5.56 Å². The quantitative estimate of drug-likeness (QED) is 0.464. The molecule has 10 nitrogen and oxygen atoms in total. The van der Waals surface area contributed by atoms with Gasteiger partial charge >= 0.3 is 0 Å². The lowest BCUT2D eigenvalue weighted by atomic mass is 10.1. The van der Waals surface area contributed by atoms with Crippen molar-refractivity contribution < 1.29 is 9.50 Å². The van der Waals surface area contributed by atoms with Crippen molar-refractivity contribution in [3.63, 3.8) is 0 Å². The molecule has 1 aromatic carbocycles. The molecule has 3 aromatic heterocycles. The number of pyridine rings is 1. The second kappa shape index (κ2) is 8.58. The number of tetrazole rings is 1. The number of nitrogens with one attached hydrogen (secondary N) is 1. The lowest BCUT2D eigenvalue weighted by molar-refractivity contribution is 0.247. The maximum Gasteiger partial charge on any atom is 0.251 e. The molecule has 0 saturated carbocycles. The summed E-state index contributed by atoms with van der Waals surface area (Å²) in [7, 11) is 1.66. The van der Waals surface area contributed by atoms with E-state index in [2.05, 4.69) is 30.8 Å². The van der Waals surface area contributed by atoms with Gasteiger partial charge in [0.15, 0.2) is 0 Å². The minimum Gasteiger partial charge on any atom is -0.394 e. The van der Waals surface area contributed by atoms with E-state index in [4.69, 9.17) is 11.6 Å². The summed E-state index contributed by atoms with van der Waals surface area (Å²) in [6.45, 7) is -0.395. The number of rotatable bonds is 6. The Balaban J connectivity index is 1.64. The number of hydrogen-bond acceptors (Lipinski definition) is 8. The van der Waals surface area contributed by atoms with Crippen molar-refractivity contribution in [1.29, 1.82) is 0 Å². The van der Waals surface area contributed by atoms with Crippen molar-refractivity contribution >= 4 is 23.5 Å². The smallest absolute Gasteiger partial charge is 0.251 e. The molecule has 0 bridgehead atoms. The predicted octanol–water partition coefficient (Wildman–Crippen LogP) is 1.95. The zero-order valence-electron chi connectivity index (χ0n) is 16.1. The molecule has 4 rings (SSSR count). The maximum atomic E-state index is 13.8. The molecule has 4 aromatic rings. The van der Waals surface area contributed by atoms with Gasteiger partial charge in [0.2, 0.25) is 11.9 Å². The molecule has 158 valence electrons. The van der Waals surface area contributed by atoms with Gasteiger partial charge in [0.1, 0.15) is 5.82 Å². The van der Waals surface area contributed by atoms with Gasteiger partial charge in [-0.2, -0.15) is 0 Å². The first-order valence-electron chi connectivity index (χ1n) is 9.07. The molecule has 0 aliphatic heterocycles. The molecule has 0 radical (unpaired) electrons. The van der Waals surface area contributed by atoms with Crippen LogP contribution in [0.2, 0.25) is 5.02 Å². The molecular weight excluding hydrogens is 427 g/mol. The second-order valence-electron chi connectivity index (χ2n) is 6.55. The third-order valence-electron chi connectivity index (χ3n) is 4.58. The third-order valence-corrected chi connectivity index (χ3v) is 4.89. The zero-order valence-corrected chi connectivity index (χ0v) is 16.9. The maximum absolute atomic E-state index is 13.8. The molecule has 0 saturated heterocycles. The Morgan fingerprint density at radius 3 is 2.77 bits per heavy atom. The van der Waals surface area contributed by atoms with E-state index < -0.39 is 24.0 Å². The van der Waals surface area contributed by atoms with Crippen molar-refractivity contribution in [2.75, 3.05) is 11.9 Å². The number of benzene rings is 1. The molecular formula is C19H16ClFN8O2. The van der Waals surface area contributed by atoms with Gasteiger partial charge in [-0.3, -0.25) is 10.1 Å². The van der Waals surface area contributed by atoms with Crippen LogP contribution in [0.5, 0.6) is 0 Å². The van der Waals surface area contributed by atoms with E-state index >= 15 is 0 Å². The first kappa shape index (κ1) is 20.6. The summed E-state index contributed by atoms with van der Waals surface area (Å²) < 4.78 is 16.6. The van der Waals surface area contributed by atoms with Gasteiger partial charge < -0.3 is 9.67 Å². The third kappa shape index (κ3) is 4.27. The van der Waals surface area contributed by atoms with Crippen molar-refractivity contribution in [3.8, 4) is 11.3 Å². The van der Waals surface area contributed by atoms with E-state index in [0.717, 1.165) is 0 Å². The van der Waals surface area contributed by atoms with Crippen LogP contribution in [0.15, 0.2) is 53.6 Å². The van der Waals surface area contributed by atoms with Crippen molar-refractivity contribution in [3.05, 3.63) is 75.5 Å². The fourth-order valence-electron chi connectivity index (χ4n) is 3.00. The molecule has 0 aliphatic carbocycles. The van der Waals surface area contributed by atoms with Crippen LogP contribution in [0.3, 0.4) is 0 Å². The van der Waals surface area contributed by atoms with Crippen LogP contribution in [0.4, 0.5) is 16.3 Å².